The lowest BCUT2D eigenvalue weighted by Crippen LogP contribution is -2.30. The summed E-state index contributed by atoms with van der Waals surface area (Å²) in [6.07, 6.45) is 3.94. The summed E-state index contributed by atoms with van der Waals surface area (Å²) in [5.74, 6) is 2.00. The fourth-order valence-corrected chi connectivity index (χ4v) is 4.97. The van der Waals surface area contributed by atoms with Crippen molar-refractivity contribution < 1.29 is 0 Å². The Morgan fingerprint density at radius 1 is 0.828 bits per heavy atom. The van der Waals surface area contributed by atoms with Crippen LogP contribution in [0, 0.1) is 13.8 Å². The third-order valence-electron chi connectivity index (χ3n) is 5.44. The third kappa shape index (κ3) is 5.49. The Balaban J connectivity index is 1.54. The molecule has 1 aromatic heterocycles. The predicted octanol–water partition coefficient (Wildman–Crippen LogP) is 5.22. The molecule has 0 bridgehead atoms. The molecule has 2 aromatic carbocycles. The van der Waals surface area contributed by atoms with Gasteiger partial charge in [0.2, 0.25) is 0 Å². The van der Waals surface area contributed by atoms with Crippen LogP contribution in [0.3, 0.4) is 0 Å². The van der Waals surface area contributed by atoms with Gasteiger partial charge < -0.3 is 4.57 Å². The van der Waals surface area contributed by atoms with Gasteiger partial charge in [-0.2, -0.15) is 0 Å². The van der Waals surface area contributed by atoms with E-state index in [-0.39, 0.29) is 0 Å². The average Bonchev–Trinajstić information content (AvgIpc) is 3.08. The zero-order chi connectivity index (χ0) is 20.1. The highest BCUT2D eigenvalue weighted by molar-refractivity contribution is 7.98. The van der Waals surface area contributed by atoms with E-state index < -0.39 is 0 Å². The molecular weight excluding hydrogens is 376 g/mol. The second kappa shape index (κ2) is 9.59. The molecule has 0 N–H and O–H groups in total. The van der Waals surface area contributed by atoms with Gasteiger partial charge in [-0.15, -0.1) is 10.2 Å². The normalized spacial score (nSPS) is 15.0. The lowest BCUT2D eigenvalue weighted by molar-refractivity contribution is 0.213. The van der Waals surface area contributed by atoms with Gasteiger partial charge in [-0.25, -0.2) is 0 Å². The summed E-state index contributed by atoms with van der Waals surface area (Å²) in [6, 6.07) is 17.4. The van der Waals surface area contributed by atoms with E-state index in [1.807, 2.05) is 0 Å². The fraction of sp³-hybridized carbons (Fsp3) is 0.417. The zero-order valence-electron chi connectivity index (χ0n) is 17.5. The topological polar surface area (TPSA) is 34.0 Å². The minimum absolute atomic E-state index is 0.826. The van der Waals surface area contributed by atoms with Crippen LogP contribution in [-0.4, -0.2) is 32.8 Å². The number of hydrogen-bond donors (Lipinski definition) is 0. The van der Waals surface area contributed by atoms with Gasteiger partial charge in [0.25, 0.3) is 0 Å². The smallest absolute Gasteiger partial charge is 0.191 e. The van der Waals surface area contributed by atoms with Gasteiger partial charge in [0, 0.05) is 5.75 Å². The van der Waals surface area contributed by atoms with Gasteiger partial charge in [0.05, 0.1) is 13.1 Å². The van der Waals surface area contributed by atoms with E-state index in [0.717, 1.165) is 29.8 Å². The summed E-state index contributed by atoms with van der Waals surface area (Å²) in [5.41, 5.74) is 5.27. The largest absolute Gasteiger partial charge is 0.300 e. The molecule has 1 aliphatic rings. The Morgan fingerprint density at radius 3 is 2.28 bits per heavy atom. The van der Waals surface area contributed by atoms with Gasteiger partial charge in [-0.05, 0) is 50.9 Å². The summed E-state index contributed by atoms with van der Waals surface area (Å²) in [6.45, 7) is 8.38. The molecule has 5 heteroatoms. The van der Waals surface area contributed by atoms with E-state index in [4.69, 9.17) is 0 Å². The molecule has 3 aromatic rings. The first-order chi connectivity index (χ1) is 14.2. The van der Waals surface area contributed by atoms with E-state index in [1.165, 1.54) is 54.6 Å². The SMILES string of the molecule is Cc1cc(C)cc(CSc2nnc(CN3CCCCC3)n2Cc2ccccc2)c1. The second-order valence-electron chi connectivity index (χ2n) is 8.09. The van der Waals surface area contributed by atoms with E-state index in [1.54, 1.807) is 11.8 Å². The summed E-state index contributed by atoms with van der Waals surface area (Å²) < 4.78 is 2.32. The van der Waals surface area contributed by atoms with Crippen LogP contribution in [0.4, 0.5) is 0 Å². The standard InChI is InChI=1S/C24H30N4S/c1-19-13-20(2)15-22(14-19)18-29-24-26-25-23(17-27-11-7-4-8-12-27)28(24)16-21-9-5-3-6-10-21/h3,5-6,9-10,13-15H,4,7-8,11-12,16-18H2,1-2H3. The minimum Gasteiger partial charge on any atom is -0.300 e. The van der Waals surface area contributed by atoms with Gasteiger partial charge in [0.1, 0.15) is 5.82 Å². The summed E-state index contributed by atoms with van der Waals surface area (Å²) in [7, 11) is 0. The second-order valence-corrected chi connectivity index (χ2v) is 9.03. The number of piperidine rings is 1. The summed E-state index contributed by atoms with van der Waals surface area (Å²) in [4.78, 5) is 2.52. The molecule has 4 rings (SSSR count). The van der Waals surface area contributed by atoms with Crippen molar-refractivity contribution in [2.75, 3.05) is 13.1 Å². The zero-order valence-corrected chi connectivity index (χ0v) is 18.3. The molecule has 0 spiro atoms. The van der Waals surface area contributed by atoms with Gasteiger partial charge in [-0.3, -0.25) is 4.90 Å². The summed E-state index contributed by atoms with van der Waals surface area (Å²) in [5, 5.41) is 10.2. The molecule has 1 fully saturated rings. The van der Waals surface area contributed by atoms with Crippen molar-refractivity contribution in [1.82, 2.24) is 19.7 Å². The van der Waals surface area contributed by atoms with Gasteiger partial charge >= 0.3 is 0 Å². The maximum atomic E-state index is 4.60. The van der Waals surface area contributed by atoms with E-state index in [2.05, 4.69) is 82.0 Å². The van der Waals surface area contributed by atoms with Crippen molar-refractivity contribution in [1.29, 1.82) is 0 Å². The number of nitrogens with zero attached hydrogens (tertiary/aromatic N) is 4. The number of likely N-dealkylation sites (tertiary alicyclic amines) is 1. The number of hydrogen-bond acceptors (Lipinski definition) is 4. The monoisotopic (exact) mass is 406 g/mol. The van der Waals surface area contributed by atoms with Crippen LogP contribution < -0.4 is 0 Å². The lowest BCUT2D eigenvalue weighted by Gasteiger charge is -2.26. The average molecular weight is 407 g/mol. The Kier molecular flexibility index (Phi) is 6.67. The Labute approximate surface area is 178 Å². The van der Waals surface area contributed by atoms with E-state index in [9.17, 15) is 0 Å². The number of rotatable bonds is 7. The van der Waals surface area contributed by atoms with Crippen LogP contribution in [0.5, 0.6) is 0 Å². The molecule has 4 nitrogen and oxygen atoms in total. The van der Waals surface area contributed by atoms with Crippen LogP contribution in [0.2, 0.25) is 0 Å². The molecule has 0 radical (unpaired) electrons. The van der Waals surface area contributed by atoms with Crippen molar-refractivity contribution in [3.63, 3.8) is 0 Å². The molecule has 1 saturated heterocycles. The quantitative estimate of drug-likeness (QED) is 0.504. The molecule has 2 heterocycles. The highest BCUT2D eigenvalue weighted by Gasteiger charge is 2.18. The van der Waals surface area contributed by atoms with Gasteiger partial charge in [-0.1, -0.05) is 77.8 Å². The maximum Gasteiger partial charge on any atom is 0.191 e. The van der Waals surface area contributed by atoms with Crippen molar-refractivity contribution in [3.05, 3.63) is 76.6 Å². The first-order valence-electron chi connectivity index (χ1n) is 10.6. The van der Waals surface area contributed by atoms with Crippen molar-refractivity contribution in [2.24, 2.45) is 0 Å². The molecule has 152 valence electrons. The Morgan fingerprint density at radius 2 is 1.55 bits per heavy atom. The fourth-order valence-electron chi connectivity index (χ4n) is 4.09. The highest BCUT2D eigenvalue weighted by Crippen LogP contribution is 2.25. The molecule has 0 amide bonds. The third-order valence-corrected chi connectivity index (χ3v) is 6.48. The number of thioether (sulfide) groups is 1. The molecule has 0 saturated carbocycles. The molecule has 29 heavy (non-hydrogen) atoms. The number of aromatic nitrogens is 3. The molecular formula is C24H30N4S. The first kappa shape index (κ1) is 20.2. The molecule has 0 unspecified atom stereocenters. The van der Waals surface area contributed by atoms with E-state index in [0.29, 0.717) is 0 Å². The van der Waals surface area contributed by atoms with Crippen LogP contribution in [-0.2, 0) is 18.8 Å². The van der Waals surface area contributed by atoms with Crippen LogP contribution in [0.15, 0.2) is 53.7 Å². The van der Waals surface area contributed by atoms with Crippen LogP contribution >= 0.6 is 11.8 Å². The van der Waals surface area contributed by atoms with Crippen molar-refractivity contribution in [3.8, 4) is 0 Å². The maximum absolute atomic E-state index is 4.60. The molecule has 0 aliphatic carbocycles. The van der Waals surface area contributed by atoms with E-state index >= 15 is 0 Å². The number of aryl methyl sites for hydroxylation is 2. The molecule has 0 atom stereocenters. The number of benzene rings is 2. The summed E-state index contributed by atoms with van der Waals surface area (Å²) >= 11 is 1.79. The van der Waals surface area contributed by atoms with Crippen LogP contribution in [0.25, 0.3) is 0 Å². The van der Waals surface area contributed by atoms with Crippen molar-refractivity contribution >= 4 is 11.8 Å². The lowest BCUT2D eigenvalue weighted by atomic mass is 10.1. The van der Waals surface area contributed by atoms with Crippen LogP contribution in [0.1, 0.15) is 47.3 Å². The van der Waals surface area contributed by atoms with Crippen molar-refractivity contribution in [2.45, 2.75) is 57.1 Å². The minimum atomic E-state index is 0.826. The van der Waals surface area contributed by atoms with Gasteiger partial charge in [0.15, 0.2) is 5.16 Å². The molecule has 1 aliphatic heterocycles. The predicted molar refractivity (Wildman–Crippen MR) is 120 cm³/mol. The Hall–Kier alpha value is -2.11. The first-order valence-corrected chi connectivity index (χ1v) is 11.5. The Bertz CT molecular complexity index is 909. The highest BCUT2D eigenvalue weighted by atomic mass is 32.2.